The number of hydrogen-bond acceptors (Lipinski definition) is 7. The van der Waals surface area contributed by atoms with Crippen molar-refractivity contribution in [3.8, 4) is 11.4 Å². The van der Waals surface area contributed by atoms with Crippen molar-refractivity contribution < 1.29 is 18.8 Å². The molecule has 8 heteroatoms. The van der Waals surface area contributed by atoms with Gasteiger partial charge in [-0.2, -0.15) is 16.3 Å². The standard InChI is InChI=1S/C21H19N3O4S/c1-2-13-4-3-5-15-16(10-22-20(13)15)17(25)11-27-19(26)7-6-18-23-21(24-28-18)14-8-9-29-12-14/h3-5,8-10,12,22H,2,6-7,11H2,1H3. The fourth-order valence-corrected chi connectivity index (χ4v) is 3.75. The Morgan fingerprint density at radius 1 is 1.28 bits per heavy atom. The molecular weight excluding hydrogens is 390 g/mol. The summed E-state index contributed by atoms with van der Waals surface area (Å²) in [6.07, 6.45) is 2.86. The first-order valence-electron chi connectivity index (χ1n) is 9.28. The first-order chi connectivity index (χ1) is 14.2. The lowest BCUT2D eigenvalue weighted by molar-refractivity contribution is -0.142. The maximum atomic E-state index is 12.5. The maximum absolute atomic E-state index is 12.5. The summed E-state index contributed by atoms with van der Waals surface area (Å²) in [6, 6.07) is 7.73. The lowest BCUT2D eigenvalue weighted by Gasteiger charge is -2.03. The van der Waals surface area contributed by atoms with Crippen LogP contribution in [0.4, 0.5) is 0 Å². The average Bonchev–Trinajstić information content (AvgIpc) is 3.49. The number of aromatic nitrogens is 3. The van der Waals surface area contributed by atoms with E-state index in [0.29, 0.717) is 17.3 Å². The molecule has 0 saturated carbocycles. The highest BCUT2D eigenvalue weighted by molar-refractivity contribution is 7.08. The fourth-order valence-electron chi connectivity index (χ4n) is 3.11. The molecule has 0 unspecified atom stereocenters. The number of thiophene rings is 1. The molecule has 29 heavy (non-hydrogen) atoms. The molecule has 0 fully saturated rings. The van der Waals surface area contributed by atoms with Gasteiger partial charge in [0.05, 0.1) is 6.42 Å². The molecule has 3 heterocycles. The van der Waals surface area contributed by atoms with Crippen molar-refractivity contribution in [1.82, 2.24) is 15.1 Å². The van der Waals surface area contributed by atoms with Crippen molar-refractivity contribution >= 4 is 34.0 Å². The van der Waals surface area contributed by atoms with Gasteiger partial charge >= 0.3 is 5.97 Å². The summed E-state index contributed by atoms with van der Waals surface area (Å²) in [5, 5.41) is 8.59. The van der Waals surface area contributed by atoms with E-state index in [1.165, 1.54) is 0 Å². The van der Waals surface area contributed by atoms with E-state index < -0.39 is 5.97 Å². The molecule has 0 spiro atoms. The molecule has 1 aromatic carbocycles. The zero-order valence-electron chi connectivity index (χ0n) is 15.8. The van der Waals surface area contributed by atoms with Crippen LogP contribution in [0.5, 0.6) is 0 Å². The second kappa shape index (κ2) is 8.40. The van der Waals surface area contributed by atoms with Crippen LogP contribution < -0.4 is 0 Å². The number of esters is 1. The number of Topliss-reactive ketones (excluding diaryl/α,β-unsaturated/α-hetero) is 1. The number of fused-ring (bicyclic) bond motifs is 1. The van der Waals surface area contributed by atoms with Crippen LogP contribution in [0, 0.1) is 0 Å². The van der Waals surface area contributed by atoms with Crippen LogP contribution in [-0.4, -0.2) is 33.5 Å². The molecule has 3 aromatic heterocycles. The Hall–Kier alpha value is -3.26. The summed E-state index contributed by atoms with van der Waals surface area (Å²) >= 11 is 1.54. The lowest BCUT2D eigenvalue weighted by atomic mass is 10.1. The zero-order chi connectivity index (χ0) is 20.2. The number of aryl methyl sites for hydroxylation is 2. The molecule has 4 aromatic rings. The minimum Gasteiger partial charge on any atom is -0.457 e. The SMILES string of the molecule is CCc1cccc2c(C(=O)COC(=O)CCc3nc(-c4ccsc4)no3)c[nH]c12. The van der Waals surface area contributed by atoms with Crippen LogP contribution in [0.1, 0.15) is 35.2 Å². The molecular formula is C21H19N3O4S. The van der Waals surface area contributed by atoms with Gasteiger partial charge in [-0.25, -0.2) is 0 Å². The number of ketones is 1. The monoisotopic (exact) mass is 409 g/mol. The molecule has 0 aliphatic rings. The highest BCUT2D eigenvalue weighted by atomic mass is 32.1. The third-order valence-electron chi connectivity index (χ3n) is 4.64. The number of carbonyl (C=O) groups is 2. The van der Waals surface area contributed by atoms with Crippen LogP contribution in [0.15, 0.2) is 45.7 Å². The van der Waals surface area contributed by atoms with E-state index in [2.05, 4.69) is 22.0 Å². The van der Waals surface area contributed by atoms with Crippen LogP contribution >= 0.6 is 11.3 Å². The first kappa shape index (κ1) is 19.1. The molecule has 7 nitrogen and oxygen atoms in total. The minimum absolute atomic E-state index is 0.0619. The normalized spacial score (nSPS) is 11.1. The fraction of sp³-hybridized carbons (Fsp3) is 0.238. The van der Waals surface area contributed by atoms with E-state index in [0.717, 1.165) is 28.5 Å². The number of nitrogens with zero attached hydrogens (tertiary/aromatic N) is 2. The Morgan fingerprint density at radius 2 is 2.17 bits per heavy atom. The van der Waals surface area contributed by atoms with E-state index in [1.54, 1.807) is 17.5 Å². The summed E-state index contributed by atoms with van der Waals surface area (Å²) in [4.78, 5) is 31.9. The summed E-state index contributed by atoms with van der Waals surface area (Å²) in [7, 11) is 0. The zero-order valence-corrected chi connectivity index (χ0v) is 16.6. The number of carbonyl (C=O) groups excluding carboxylic acids is 2. The van der Waals surface area contributed by atoms with Gasteiger partial charge < -0.3 is 14.2 Å². The first-order valence-corrected chi connectivity index (χ1v) is 10.2. The number of benzene rings is 1. The second-order valence-corrected chi connectivity index (χ2v) is 7.28. The third-order valence-corrected chi connectivity index (χ3v) is 5.32. The Kier molecular flexibility index (Phi) is 5.53. The van der Waals surface area contributed by atoms with E-state index >= 15 is 0 Å². The van der Waals surface area contributed by atoms with Gasteiger partial charge in [-0.1, -0.05) is 30.3 Å². The van der Waals surface area contributed by atoms with Crippen molar-refractivity contribution in [2.75, 3.05) is 6.61 Å². The van der Waals surface area contributed by atoms with E-state index in [1.807, 2.05) is 35.0 Å². The van der Waals surface area contributed by atoms with E-state index in [4.69, 9.17) is 9.26 Å². The number of para-hydroxylation sites is 1. The summed E-state index contributed by atoms with van der Waals surface area (Å²) < 4.78 is 10.3. The molecule has 0 saturated heterocycles. The molecule has 0 radical (unpaired) electrons. The number of aromatic amines is 1. The average molecular weight is 409 g/mol. The van der Waals surface area contributed by atoms with Crippen LogP contribution in [0.3, 0.4) is 0 Å². The van der Waals surface area contributed by atoms with Crippen molar-refractivity contribution in [2.45, 2.75) is 26.2 Å². The van der Waals surface area contributed by atoms with Gasteiger partial charge in [0.1, 0.15) is 0 Å². The molecule has 0 amide bonds. The molecule has 1 N–H and O–H groups in total. The Balaban J connectivity index is 1.31. The maximum Gasteiger partial charge on any atom is 0.306 e. The van der Waals surface area contributed by atoms with E-state index in [-0.39, 0.29) is 25.2 Å². The molecule has 0 aliphatic carbocycles. The predicted molar refractivity (Wildman–Crippen MR) is 109 cm³/mol. The summed E-state index contributed by atoms with van der Waals surface area (Å²) in [5.74, 6) is 0.131. The number of nitrogens with one attached hydrogen (secondary N) is 1. The summed E-state index contributed by atoms with van der Waals surface area (Å²) in [6.45, 7) is 1.76. The van der Waals surface area contributed by atoms with Gasteiger partial charge in [0, 0.05) is 40.0 Å². The molecule has 4 rings (SSSR count). The second-order valence-electron chi connectivity index (χ2n) is 6.50. The number of H-pyrrole nitrogens is 1. The third kappa shape index (κ3) is 4.12. The largest absolute Gasteiger partial charge is 0.457 e. The van der Waals surface area contributed by atoms with Gasteiger partial charge in [-0.15, -0.1) is 0 Å². The smallest absolute Gasteiger partial charge is 0.306 e. The minimum atomic E-state index is -0.484. The van der Waals surface area contributed by atoms with Gasteiger partial charge in [-0.05, 0) is 23.4 Å². The van der Waals surface area contributed by atoms with Crippen molar-refractivity contribution in [2.24, 2.45) is 0 Å². The molecule has 0 atom stereocenters. The van der Waals surface area contributed by atoms with Crippen LogP contribution in [0.2, 0.25) is 0 Å². The number of hydrogen-bond donors (Lipinski definition) is 1. The van der Waals surface area contributed by atoms with E-state index in [9.17, 15) is 9.59 Å². The quantitative estimate of drug-likeness (QED) is 0.346. The molecule has 148 valence electrons. The van der Waals surface area contributed by atoms with Crippen molar-refractivity contribution in [1.29, 1.82) is 0 Å². The number of ether oxygens (including phenoxy) is 1. The Labute approximate surface area is 170 Å². The lowest BCUT2D eigenvalue weighted by Crippen LogP contribution is -2.14. The van der Waals surface area contributed by atoms with Crippen LogP contribution in [0.25, 0.3) is 22.3 Å². The van der Waals surface area contributed by atoms with Gasteiger partial charge in [0.15, 0.2) is 6.61 Å². The Morgan fingerprint density at radius 3 is 2.97 bits per heavy atom. The summed E-state index contributed by atoms with van der Waals surface area (Å²) in [5.41, 5.74) is 3.49. The van der Waals surface area contributed by atoms with Crippen LogP contribution in [-0.2, 0) is 22.4 Å². The predicted octanol–water partition coefficient (Wildman–Crippen LogP) is 4.20. The highest BCUT2D eigenvalue weighted by Gasteiger charge is 2.16. The van der Waals surface area contributed by atoms with Crippen molar-refractivity contribution in [3.63, 3.8) is 0 Å². The number of rotatable bonds is 8. The van der Waals surface area contributed by atoms with Crippen molar-refractivity contribution in [3.05, 3.63) is 58.2 Å². The van der Waals surface area contributed by atoms with Gasteiger partial charge in [0.2, 0.25) is 17.5 Å². The molecule has 0 bridgehead atoms. The Bertz CT molecular complexity index is 1140. The highest BCUT2D eigenvalue weighted by Crippen LogP contribution is 2.23. The van der Waals surface area contributed by atoms with Gasteiger partial charge in [-0.3, -0.25) is 9.59 Å². The van der Waals surface area contributed by atoms with Gasteiger partial charge in [0.25, 0.3) is 0 Å². The molecule has 0 aliphatic heterocycles. The topological polar surface area (TPSA) is 98.1 Å².